The summed E-state index contributed by atoms with van der Waals surface area (Å²) < 4.78 is 8.37. The van der Waals surface area contributed by atoms with Crippen molar-refractivity contribution in [3.63, 3.8) is 0 Å². The second kappa shape index (κ2) is 10.1. The highest BCUT2D eigenvalue weighted by Gasteiger charge is 2.27. The Balaban J connectivity index is 1.83. The first-order chi connectivity index (χ1) is 16.8. The van der Waals surface area contributed by atoms with E-state index in [-0.39, 0.29) is 23.7 Å². The average molecular weight is 497 g/mol. The molecule has 1 amide bonds. The number of aromatic amines is 1. The third-order valence-electron chi connectivity index (χ3n) is 5.54. The molecule has 0 aliphatic carbocycles. The highest BCUT2D eigenvalue weighted by molar-refractivity contribution is 6.30. The standard InChI is InChI=1S/C24H25ClN6O4/c1-3-5-11-30-21(26)20(22(32)27-24(30)34)29(4-2)23(33)17-14-18(19-10-7-12-35-19)31(28-17)16-9-6-8-15(25)13-16/h6-10,12-14H,3-5,11,26H2,1-2H3,(H,27,32,34). The number of carbonyl (C=O) groups excluding carboxylic acids is 1. The predicted molar refractivity (Wildman–Crippen MR) is 134 cm³/mol. The lowest BCUT2D eigenvalue weighted by Gasteiger charge is -2.22. The van der Waals surface area contributed by atoms with Crippen molar-refractivity contribution in [1.29, 1.82) is 0 Å². The van der Waals surface area contributed by atoms with Crippen molar-refractivity contribution in [2.24, 2.45) is 0 Å². The van der Waals surface area contributed by atoms with E-state index in [1.807, 2.05) is 6.92 Å². The van der Waals surface area contributed by atoms with Gasteiger partial charge in [0.1, 0.15) is 11.5 Å². The Morgan fingerprint density at radius 2 is 2.00 bits per heavy atom. The highest BCUT2D eigenvalue weighted by Crippen LogP contribution is 2.27. The van der Waals surface area contributed by atoms with E-state index in [0.717, 1.165) is 6.42 Å². The first-order valence-electron chi connectivity index (χ1n) is 11.2. The number of unbranched alkanes of at least 4 members (excludes halogenated alkanes) is 1. The maximum Gasteiger partial charge on any atom is 0.330 e. The summed E-state index contributed by atoms with van der Waals surface area (Å²) >= 11 is 6.17. The number of amides is 1. The maximum absolute atomic E-state index is 13.6. The molecule has 182 valence electrons. The smallest absolute Gasteiger partial charge is 0.330 e. The van der Waals surface area contributed by atoms with Gasteiger partial charge in [-0.05, 0) is 43.7 Å². The van der Waals surface area contributed by atoms with Crippen molar-refractivity contribution < 1.29 is 9.21 Å². The van der Waals surface area contributed by atoms with Gasteiger partial charge in [0.15, 0.2) is 17.1 Å². The van der Waals surface area contributed by atoms with E-state index < -0.39 is 17.2 Å². The number of benzene rings is 1. The minimum Gasteiger partial charge on any atom is -0.463 e. The molecule has 11 heteroatoms. The summed E-state index contributed by atoms with van der Waals surface area (Å²) in [6.07, 6.45) is 3.03. The van der Waals surface area contributed by atoms with Crippen LogP contribution in [0.15, 0.2) is 62.7 Å². The van der Waals surface area contributed by atoms with Gasteiger partial charge in [0.25, 0.3) is 11.5 Å². The molecule has 0 aliphatic rings. The van der Waals surface area contributed by atoms with Gasteiger partial charge in [-0.1, -0.05) is 31.0 Å². The quantitative estimate of drug-likeness (QED) is 0.382. The van der Waals surface area contributed by atoms with Crippen LogP contribution in [0.1, 0.15) is 37.2 Å². The van der Waals surface area contributed by atoms with Gasteiger partial charge in [0, 0.05) is 24.2 Å². The summed E-state index contributed by atoms with van der Waals surface area (Å²) in [7, 11) is 0. The minimum atomic E-state index is -0.740. The summed E-state index contributed by atoms with van der Waals surface area (Å²) in [5.74, 6) is -0.132. The SMILES string of the molecule is CCCCn1c(N)c(N(CC)C(=O)c2cc(-c3ccco3)n(-c3cccc(Cl)c3)n2)c(=O)[nH]c1=O. The molecule has 0 aliphatic heterocycles. The molecular weight excluding hydrogens is 472 g/mol. The highest BCUT2D eigenvalue weighted by atomic mass is 35.5. The van der Waals surface area contributed by atoms with Crippen LogP contribution < -0.4 is 21.9 Å². The Morgan fingerprint density at radius 3 is 2.66 bits per heavy atom. The lowest BCUT2D eigenvalue weighted by molar-refractivity contribution is 0.0982. The van der Waals surface area contributed by atoms with Crippen LogP contribution in [0, 0.1) is 0 Å². The van der Waals surface area contributed by atoms with Crippen molar-refractivity contribution >= 4 is 29.0 Å². The van der Waals surface area contributed by atoms with Gasteiger partial charge in [0.2, 0.25) is 0 Å². The molecule has 10 nitrogen and oxygen atoms in total. The number of H-pyrrole nitrogens is 1. The first-order valence-corrected chi connectivity index (χ1v) is 11.6. The second-order valence-electron chi connectivity index (χ2n) is 7.83. The normalized spacial score (nSPS) is 11.1. The summed E-state index contributed by atoms with van der Waals surface area (Å²) in [6, 6.07) is 12.0. The minimum absolute atomic E-state index is 0.0586. The molecule has 0 fully saturated rings. The van der Waals surface area contributed by atoms with Gasteiger partial charge in [0.05, 0.1) is 12.0 Å². The number of carbonyl (C=O) groups is 1. The van der Waals surface area contributed by atoms with Crippen LogP contribution in [0.3, 0.4) is 0 Å². The van der Waals surface area contributed by atoms with Crippen molar-refractivity contribution in [3.8, 4) is 17.1 Å². The van der Waals surface area contributed by atoms with Crippen LogP contribution in [0.4, 0.5) is 11.5 Å². The molecular formula is C24H25ClN6O4. The monoisotopic (exact) mass is 496 g/mol. The van der Waals surface area contributed by atoms with Gasteiger partial charge in [-0.25, -0.2) is 9.48 Å². The number of aromatic nitrogens is 4. The van der Waals surface area contributed by atoms with Crippen LogP contribution >= 0.6 is 11.6 Å². The summed E-state index contributed by atoms with van der Waals surface area (Å²) in [5, 5.41) is 5.01. The van der Waals surface area contributed by atoms with Gasteiger partial charge in [-0.3, -0.25) is 24.0 Å². The Bertz CT molecular complexity index is 1470. The third-order valence-corrected chi connectivity index (χ3v) is 5.77. The molecule has 0 spiro atoms. The molecule has 35 heavy (non-hydrogen) atoms. The number of furan rings is 1. The van der Waals surface area contributed by atoms with Crippen molar-refractivity contribution in [1.82, 2.24) is 19.3 Å². The molecule has 0 saturated carbocycles. The molecule has 4 rings (SSSR count). The number of rotatable bonds is 8. The molecule has 0 bridgehead atoms. The Kier molecular flexibility index (Phi) is 6.92. The Labute approximate surface area is 205 Å². The first kappa shape index (κ1) is 24.1. The van der Waals surface area contributed by atoms with E-state index in [0.29, 0.717) is 35.1 Å². The fourth-order valence-electron chi connectivity index (χ4n) is 3.81. The summed E-state index contributed by atoms with van der Waals surface area (Å²) in [4.78, 5) is 42.2. The van der Waals surface area contributed by atoms with Crippen LogP contribution in [-0.4, -0.2) is 31.8 Å². The van der Waals surface area contributed by atoms with E-state index in [2.05, 4.69) is 10.1 Å². The van der Waals surface area contributed by atoms with Crippen molar-refractivity contribution in [2.75, 3.05) is 17.2 Å². The second-order valence-corrected chi connectivity index (χ2v) is 8.27. The molecule has 0 saturated heterocycles. The lowest BCUT2D eigenvalue weighted by Crippen LogP contribution is -2.41. The molecule has 3 N–H and O–H groups in total. The number of halogens is 1. The summed E-state index contributed by atoms with van der Waals surface area (Å²) in [6.45, 7) is 4.13. The molecule has 0 unspecified atom stereocenters. The van der Waals surface area contributed by atoms with Gasteiger partial charge >= 0.3 is 5.69 Å². The molecule has 1 aromatic carbocycles. The van der Waals surface area contributed by atoms with E-state index in [9.17, 15) is 14.4 Å². The molecule has 0 atom stereocenters. The lowest BCUT2D eigenvalue weighted by atomic mass is 10.2. The zero-order chi connectivity index (χ0) is 25.1. The number of nitrogens with one attached hydrogen (secondary N) is 1. The van der Waals surface area contributed by atoms with Crippen LogP contribution in [0.5, 0.6) is 0 Å². The van der Waals surface area contributed by atoms with Gasteiger partial charge in [-0.2, -0.15) is 5.10 Å². The van der Waals surface area contributed by atoms with E-state index in [1.54, 1.807) is 54.1 Å². The fourth-order valence-corrected chi connectivity index (χ4v) is 3.99. The van der Waals surface area contributed by atoms with E-state index in [4.69, 9.17) is 21.8 Å². The van der Waals surface area contributed by atoms with Gasteiger partial charge < -0.3 is 10.2 Å². The number of nitrogens with two attached hydrogens (primary N) is 1. The maximum atomic E-state index is 13.6. The third kappa shape index (κ3) is 4.65. The molecule has 3 heterocycles. The fraction of sp³-hybridized carbons (Fsp3) is 0.250. The van der Waals surface area contributed by atoms with Crippen LogP contribution in [-0.2, 0) is 6.54 Å². The molecule has 3 aromatic heterocycles. The van der Waals surface area contributed by atoms with Crippen molar-refractivity contribution in [3.05, 3.63) is 80.3 Å². The number of nitrogen functional groups attached to an aromatic ring is 1. The topological polar surface area (TPSA) is 132 Å². The van der Waals surface area contributed by atoms with E-state index >= 15 is 0 Å². The number of hydrogen-bond acceptors (Lipinski definition) is 6. The Morgan fingerprint density at radius 1 is 1.20 bits per heavy atom. The predicted octanol–water partition coefficient (Wildman–Crippen LogP) is 3.68. The number of anilines is 2. The number of hydrogen-bond donors (Lipinski definition) is 2. The Hall–Kier alpha value is -4.05. The number of nitrogens with zero attached hydrogens (tertiary/aromatic N) is 4. The zero-order valence-electron chi connectivity index (χ0n) is 19.3. The average Bonchev–Trinajstić information content (AvgIpc) is 3.51. The van der Waals surface area contributed by atoms with Gasteiger partial charge in [-0.15, -0.1) is 0 Å². The summed E-state index contributed by atoms with van der Waals surface area (Å²) in [5.41, 5.74) is 5.99. The molecule has 4 aromatic rings. The van der Waals surface area contributed by atoms with Crippen molar-refractivity contribution in [2.45, 2.75) is 33.2 Å². The van der Waals surface area contributed by atoms with Crippen LogP contribution in [0.25, 0.3) is 17.1 Å². The largest absolute Gasteiger partial charge is 0.463 e. The molecule has 0 radical (unpaired) electrons. The van der Waals surface area contributed by atoms with E-state index in [1.165, 1.54) is 15.7 Å². The van der Waals surface area contributed by atoms with Crippen LogP contribution in [0.2, 0.25) is 5.02 Å². The zero-order valence-corrected chi connectivity index (χ0v) is 20.1.